The summed E-state index contributed by atoms with van der Waals surface area (Å²) >= 11 is 0. The molecule has 0 aliphatic carbocycles. The first-order valence-corrected chi connectivity index (χ1v) is 5.51. The van der Waals surface area contributed by atoms with Crippen LogP contribution >= 0.6 is 0 Å². The Kier molecular flexibility index (Phi) is 3.63. The molecule has 16 heavy (non-hydrogen) atoms. The molecule has 92 valence electrons. The van der Waals surface area contributed by atoms with Crippen LogP contribution < -0.4 is 0 Å². The molecule has 1 N–H and O–H groups in total. The van der Waals surface area contributed by atoms with E-state index >= 15 is 0 Å². The molecular formula is C10H16O6. The molecule has 2 rings (SSSR count). The standard InChI is InChI=1S/C10H16O6/c1-2-3-4-13-9-8-7(6(5-11)14-9)15-10(12)16-8/h6-9,11H,2-5H2,1H3/t6-,7-,8-,9-/m1/s1. The second-order valence-electron chi connectivity index (χ2n) is 3.86. The predicted octanol–water partition coefficient (Wildman–Crippen LogP) is 0.424. The van der Waals surface area contributed by atoms with Gasteiger partial charge in [0.25, 0.3) is 0 Å². The van der Waals surface area contributed by atoms with Gasteiger partial charge >= 0.3 is 6.16 Å². The van der Waals surface area contributed by atoms with E-state index in [1.807, 2.05) is 0 Å². The maximum Gasteiger partial charge on any atom is 0.509 e. The molecule has 0 aromatic heterocycles. The van der Waals surface area contributed by atoms with Gasteiger partial charge in [-0.25, -0.2) is 4.79 Å². The highest BCUT2D eigenvalue weighted by Gasteiger charge is 2.54. The lowest BCUT2D eigenvalue weighted by Gasteiger charge is -2.15. The number of hydrogen-bond acceptors (Lipinski definition) is 6. The topological polar surface area (TPSA) is 74.2 Å². The van der Waals surface area contributed by atoms with Crippen LogP contribution in [0.3, 0.4) is 0 Å². The number of hydrogen-bond donors (Lipinski definition) is 1. The number of fused-ring (bicyclic) bond motifs is 1. The molecule has 4 atom stereocenters. The lowest BCUT2D eigenvalue weighted by Crippen LogP contribution is -2.32. The number of carbonyl (C=O) groups is 1. The molecule has 0 unspecified atom stereocenters. The quantitative estimate of drug-likeness (QED) is 0.547. The number of rotatable bonds is 5. The highest BCUT2D eigenvalue weighted by molar-refractivity contribution is 5.63. The normalized spacial score (nSPS) is 37.0. The highest BCUT2D eigenvalue weighted by atomic mass is 16.8. The van der Waals surface area contributed by atoms with Crippen molar-refractivity contribution < 1.29 is 28.8 Å². The summed E-state index contributed by atoms with van der Waals surface area (Å²) in [6.45, 7) is 2.38. The summed E-state index contributed by atoms with van der Waals surface area (Å²) in [6.07, 6.45) is -1.08. The van der Waals surface area contributed by atoms with Gasteiger partial charge < -0.3 is 24.1 Å². The SMILES string of the molecule is CCCCO[C@@H]1O[C@H](CO)[C@H]2OC(=O)O[C@@H]12. The Bertz CT molecular complexity index is 256. The summed E-state index contributed by atoms with van der Waals surface area (Å²) in [7, 11) is 0. The molecule has 0 aromatic carbocycles. The second kappa shape index (κ2) is 4.99. The molecule has 0 bridgehead atoms. The van der Waals surface area contributed by atoms with Gasteiger partial charge in [0.15, 0.2) is 18.5 Å². The van der Waals surface area contributed by atoms with E-state index in [2.05, 4.69) is 6.92 Å². The van der Waals surface area contributed by atoms with Crippen molar-refractivity contribution in [3.63, 3.8) is 0 Å². The smallest absolute Gasteiger partial charge is 0.424 e. The molecule has 6 heteroatoms. The second-order valence-corrected chi connectivity index (χ2v) is 3.86. The molecular weight excluding hydrogens is 216 g/mol. The Morgan fingerprint density at radius 2 is 2.12 bits per heavy atom. The number of aliphatic hydroxyl groups excluding tert-OH is 1. The van der Waals surface area contributed by atoms with Crippen LogP contribution in [-0.4, -0.2) is 49.1 Å². The lowest BCUT2D eigenvalue weighted by molar-refractivity contribution is -0.172. The van der Waals surface area contributed by atoms with Gasteiger partial charge in [-0.15, -0.1) is 0 Å². The molecule has 6 nitrogen and oxygen atoms in total. The molecule has 2 saturated heterocycles. The highest BCUT2D eigenvalue weighted by Crippen LogP contribution is 2.32. The van der Waals surface area contributed by atoms with Crippen LogP contribution in [0.4, 0.5) is 4.79 Å². The van der Waals surface area contributed by atoms with Gasteiger partial charge in [0.2, 0.25) is 0 Å². The molecule has 0 saturated carbocycles. The van der Waals surface area contributed by atoms with Gasteiger partial charge in [-0.2, -0.15) is 0 Å². The van der Waals surface area contributed by atoms with Gasteiger partial charge in [0.1, 0.15) is 6.10 Å². The van der Waals surface area contributed by atoms with Crippen LogP contribution in [-0.2, 0) is 18.9 Å². The fourth-order valence-corrected chi connectivity index (χ4v) is 1.83. The first-order valence-electron chi connectivity index (χ1n) is 5.51. The van der Waals surface area contributed by atoms with Crippen molar-refractivity contribution in [1.82, 2.24) is 0 Å². The minimum atomic E-state index is -0.721. The van der Waals surface area contributed by atoms with Gasteiger partial charge in [-0.3, -0.25) is 0 Å². The molecule has 2 aliphatic rings. The molecule has 0 spiro atoms. The van der Waals surface area contributed by atoms with E-state index in [1.54, 1.807) is 0 Å². The summed E-state index contributed by atoms with van der Waals surface area (Å²) in [5, 5.41) is 9.06. The number of ether oxygens (including phenoxy) is 4. The van der Waals surface area contributed by atoms with E-state index < -0.39 is 30.8 Å². The number of unbranched alkanes of at least 4 members (excludes halogenated alkanes) is 1. The van der Waals surface area contributed by atoms with Crippen molar-refractivity contribution in [3.05, 3.63) is 0 Å². The van der Waals surface area contributed by atoms with Crippen LogP contribution in [0.5, 0.6) is 0 Å². The van der Waals surface area contributed by atoms with Crippen molar-refractivity contribution in [2.45, 2.75) is 44.4 Å². The van der Waals surface area contributed by atoms with Gasteiger partial charge in [0, 0.05) is 6.61 Å². The van der Waals surface area contributed by atoms with Crippen LogP contribution in [0.1, 0.15) is 19.8 Å². The summed E-state index contributed by atoms with van der Waals surface area (Å²) < 4.78 is 20.7. The van der Waals surface area contributed by atoms with Crippen molar-refractivity contribution in [2.24, 2.45) is 0 Å². The maximum absolute atomic E-state index is 11.0. The lowest BCUT2D eigenvalue weighted by atomic mass is 10.1. The Labute approximate surface area is 93.4 Å². The van der Waals surface area contributed by atoms with Crippen molar-refractivity contribution >= 4 is 6.16 Å². The summed E-state index contributed by atoms with van der Waals surface area (Å²) in [5.74, 6) is 0. The Morgan fingerprint density at radius 3 is 2.81 bits per heavy atom. The zero-order chi connectivity index (χ0) is 11.5. The van der Waals surface area contributed by atoms with E-state index in [9.17, 15) is 4.79 Å². The van der Waals surface area contributed by atoms with Crippen molar-refractivity contribution in [2.75, 3.05) is 13.2 Å². The summed E-state index contributed by atoms with van der Waals surface area (Å²) in [6, 6.07) is 0. The molecule has 0 aromatic rings. The van der Waals surface area contributed by atoms with E-state index in [0.29, 0.717) is 6.61 Å². The predicted molar refractivity (Wildman–Crippen MR) is 51.7 cm³/mol. The fourth-order valence-electron chi connectivity index (χ4n) is 1.83. The van der Waals surface area contributed by atoms with Crippen LogP contribution in [0.15, 0.2) is 0 Å². The van der Waals surface area contributed by atoms with E-state index in [-0.39, 0.29) is 6.61 Å². The first-order chi connectivity index (χ1) is 7.76. The summed E-state index contributed by atoms with van der Waals surface area (Å²) in [5.41, 5.74) is 0. The average molecular weight is 232 g/mol. The van der Waals surface area contributed by atoms with Gasteiger partial charge in [-0.05, 0) is 6.42 Å². The van der Waals surface area contributed by atoms with Crippen LogP contribution in [0.25, 0.3) is 0 Å². The number of carbonyl (C=O) groups excluding carboxylic acids is 1. The van der Waals surface area contributed by atoms with Crippen molar-refractivity contribution in [3.8, 4) is 0 Å². The van der Waals surface area contributed by atoms with E-state index in [0.717, 1.165) is 12.8 Å². The summed E-state index contributed by atoms with van der Waals surface area (Å²) in [4.78, 5) is 11.0. The third-order valence-electron chi connectivity index (χ3n) is 2.69. The van der Waals surface area contributed by atoms with Crippen molar-refractivity contribution in [1.29, 1.82) is 0 Å². The largest absolute Gasteiger partial charge is 0.509 e. The molecule has 0 radical (unpaired) electrons. The van der Waals surface area contributed by atoms with Gasteiger partial charge in [-0.1, -0.05) is 13.3 Å². The average Bonchev–Trinajstić information content (AvgIpc) is 2.77. The Hall–Kier alpha value is -0.850. The Balaban J connectivity index is 1.91. The zero-order valence-electron chi connectivity index (χ0n) is 9.13. The molecule has 0 amide bonds. The molecule has 2 aliphatic heterocycles. The van der Waals surface area contributed by atoms with Crippen LogP contribution in [0, 0.1) is 0 Å². The van der Waals surface area contributed by atoms with E-state index in [1.165, 1.54) is 0 Å². The Morgan fingerprint density at radius 1 is 1.38 bits per heavy atom. The van der Waals surface area contributed by atoms with E-state index in [4.69, 9.17) is 24.1 Å². The molecule has 2 heterocycles. The minimum Gasteiger partial charge on any atom is -0.424 e. The monoisotopic (exact) mass is 232 g/mol. The maximum atomic E-state index is 11.0. The minimum absolute atomic E-state index is 0.217. The van der Waals surface area contributed by atoms with Crippen LogP contribution in [0.2, 0.25) is 0 Å². The third kappa shape index (κ3) is 2.14. The van der Waals surface area contributed by atoms with Gasteiger partial charge in [0.05, 0.1) is 6.61 Å². The fraction of sp³-hybridized carbons (Fsp3) is 0.900. The third-order valence-corrected chi connectivity index (χ3v) is 2.69. The number of aliphatic hydroxyl groups is 1. The zero-order valence-corrected chi connectivity index (χ0v) is 9.13. The first kappa shape index (κ1) is 11.6. The molecule has 2 fully saturated rings.